The molecule has 0 unspecified atom stereocenters. The molecule has 1 N–H and O–H groups in total. The zero-order valence-corrected chi connectivity index (χ0v) is 15.6. The number of esters is 1. The summed E-state index contributed by atoms with van der Waals surface area (Å²) in [6.45, 7) is 1.87. The predicted octanol–water partition coefficient (Wildman–Crippen LogP) is 2.58. The van der Waals surface area contributed by atoms with Crippen LogP contribution in [0.25, 0.3) is 0 Å². The molecule has 0 aliphatic rings. The number of aryl methyl sites for hydroxylation is 1. The number of carbonyl (C=O) groups is 3. The molecule has 2 amide bonds. The summed E-state index contributed by atoms with van der Waals surface area (Å²) in [4.78, 5) is 37.0. The standard InChI is InChI=1S/C21H24N2O4/c1-16(24)23(19-12-10-18(11-13-19)21(26)27-2)15-20(25)22-14-6-9-17-7-4-3-5-8-17/h3-5,7-8,10-13H,6,9,14-15H2,1-2H3,(H,22,25). The fraction of sp³-hybridized carbons (Fsp3) is 0.286. The van der Waals surface area contributed by atoms with E-state index in [-0.39, 0.29) is 18.4 Å². The van der Waals surface area contributed by atoms with Crippen molar-refractivity contribution in [2.24, 2.45) is 0 Å². The number of benzene rings is 2. The average molecular weight is 368 g/mol. The molecule has 2 aromatic rings. The van der Waals surface area contributed by atoms with E-state index in [1.54, 1.807) is 24.3 Å². The molecule has 6 heteroatoms. The van der Waals surface area contributed by atoms with Gasteiger partial charge >= 0.3 is 5.97 Å². The third kappa shape index (κ3) is 6.26. The molecule has 27 heavy (non-hydrogen) atoms. The van der Waals surface area contributed by atoms with Crippen molar-refractivity contribution in [3.8, 4) is 0 Å². The van der Waals surface area contributed by atoms with E-state index in [0.29, 0.717) is 17.8 Å². The van der Waals surface area contributed by atoms with E-state index in [4.69, 9.17) is 0 Å². The third-order valence-corrected chi connectivity index (χ3v) is 4.09. The summed E-state index contributed by atoms with van der Waals surface area (Å²) in [6.07, 6.45) is 1.70. The summed E-state index contributed by atoms with van der Waals surface area (Å²) < 4.78 is 4.65. The Labute approximate surface area is 159 Å². The molecular formula is C21H24N2O4. The molecule has 0 atom stereocenters. The van der Waals surface area contributed by atoms with E-state index in [1.165, 1.54) is 24.5 Å². The van der Waals surface area contributed by atoms with E-state index >= 15 is 0 Å². The van der Waals surface area contributed by atoms with Crippen LogP contribution in [0.4, 0.5) is 5.69 Å². The minimum atomic E-state index is -0.452. The first-order valence-electron chi connectivity index (χ1n) is 8.78. The second kappa shape index (κ2) is 10.1. The highest BCUT2D eigenvalue weighted by Gasteiger charge is 2.16. The van der Waals surface area contributed by atoms with Crippen molar-refractivity contribution >= 4 is 23.5 Å². The molecular weight excluding hydrogens is 344 g/mol. The number of hydrogen-bond donors (Lipinski definition) is 1. The zero-order chi connectivity index (χ0) is 19.6. The van der Waals surface area contributed by atoms with Crippen molar-refractivity contribution in [3.05, 3.63) is 65.7 Å². The lowest BCUT2D eigenvalue weighted by Crippen LogP contribution is -2.40. The molecule has 0 saturated heterocycles. The highest BCUT2D eigenvalue weighted by Crippen LogP contribution is 2.16. The molecule has 2 rings (SSSR count). The first kappa shape index (κ1) is 20.2. The van der Waals surface area contributed by atoms with Crippen molar-refractivity contribution in [3.63, 3.8) is 0 Å². The lowest BCUT2D eigenvalue weighted by Gasteiger charge is -2.21. The first-order chi connectivity index (χ1) is 13.0. The van der Waals surface area contributed by atoms with Gasteiger partial charge in [-0.25, -0.2) is 4.79 Å². The normalized spacial score (nSPS) is 10.1. The summed E-state index contributed by atoms with van der Waals surface area (Å²) in [5, 5.41) is 2.84. The number of ether oxygens (including phenoxy) is 1. The fourth-order valence-electron chi connectivity index (χ4n) is 2.64. The largest absolute Gasteiger partial charge is 0.465 e. The van der Waals surface area contributed by atoms with Crippen LogP contribution in [0, 0.1) is 0 Å². The Hall–Kier alpha value is -3.15. The molecule has 0 aliphatic carbocycles. The van der Waals surface area contributed by atoms with Crippen LogP contribution < -0.4 is 10.2 Å². The van der Waals surface area contributed by atoms with Crippen LogP contribution in [-0.2, 0) is 20.7 Å². The number of hydrogen-bond acceptors (Lipinski definition) is 4. The lowest BCUT2D eigenvalue weighted by molar-refractivity contribution is -0.123. The van der Waals surface area contributed by atoms with Gasteiger partial charge in [0.15, 0.2) is 0 Å². The van der Waals surface area contributed by atoms with E-state index < -0.39 is 5.97 Å². The van der Waals surface area contributed by atoms with Crippen LogP contribution in [-0.4, -0.2) is 38.0 Å². The van der Waals surface area contributed by atoms with Crippen LogP contribution >= 0.6 is 0 Å². The third-order valence-electron chi connectivity index (χ3n) is 4.09. The molecule has 0 aliphatic heterocycles. The van der Waals surface area contributed by atoms with Crippen molar-refractivity contribution in [1.29, 1.82) is 0 Å². The van der Waals surface area contributed by atoms with Crippen molar-refractivity contribution in [1.82, 2.24) is 5.32 Å². The van der Waals surface area contributed by atoms with Gasteiger partial charge < -0.3 is 15.0 Å². The number of amides is 2. The van der Waals surface area contributed by atoms with Crippen molar-refractivity contribution in [2.75, 3.05) is 25.1 Å². The number of methoxy groups -OCH3 is 1. The molecule has 0 bridgehead atoms. The molecule has 0 fully saturated rings. The minimum absolute atomic E-state index is 0.0712. The van der Waals surface area contributed by atoms with E-state index in [1.807, 2.05) is 18.2 Å². The van der Waals surface area contributed by atoms with Gasteiger partial charge in [-0.05, 0) is 42.7 Å². The van der Waals surface area contributed by atoms with Crippen LogP contribution in [0.3, 0.4) is 0 Å². The Morgan fingerprint density at radius 1 is 1.00 bits per heavy atom. The van der Waals surface area contributed by atoms with Crippen molar-refractivity contribution in [2.45, 2.75) is 19.8 Å². The topological polar surface area (TPSA) is 75.7 Å². The van der Waals surface area contributed by atoms with Gasteiger partial charge in [0.1, 0.15) is 6.54 Å². The fourth-order valence-corrected chi connectivity index (χ4v) is 2.64. The second-order valence-electron chi connectivity index (χ2n) is 6.08. The Balaban J connectivity index is 1.86. The minimum Gasteiger partial charge on any atom is -0.465 e. The molecule has 142 valence electrons. The monoisotopic (exact) mass is 368 g/mol. The Morgan fingerprint density at radius 2 is 1.67 bits per heavy atom. The van der Waals surface area contributed by atoms with Gasteiger partial charge in [-0.1, -0.05) is 30.3 Å². The summed E-state index contributed by atoms with van der Waals surface area (Å²) >= 11 is 0. The van der Waals surface area contributed by atoms with Crippen LogP contribution in [0.5, 0.6) is 0 Å². The average Bonchev–Trinajstić information content (AvgIpc) is 2.69. The Morgan fingerprint density at radius 3 is 2.26 bits per heavy atom. The maximum atomic E-state index is 12.2. The van der Waals surface area contributed by atoms with Gasteiger partial charge in [-0.15, -0.1) is 0 Å². The summed E-state index contributed by atoms with van der Waals surface area (Å²) in [5.74, 6) is -0.928. The molecule has 0 saturated carbocycles. The summed E-state index contributed by atoms with van der Waals surface area (Å²) in [5.41, 5.74) is 2.16. The smallest absolute Gasteiger partial charge is 0.337 e. The van der Waals surface area contributed by atoms with Gasteiger partial charge in [0.2, 0.25) is 11.8 Å². The number of nitrogens with one attached hydrogen (secondary N) is 1. The second-order valence-corrected chi connectivity index (χ2v) is 6.08. The highest BCUT2D eigenvalue weighted by atomic mass is 16.5. The number of nitrogens with zero attached hydrogens (tertiary/aromatic N) is 1. The van der Waals surface area contributed by atoms with Crippen LogP contribution in [0.15, 0.2) is 54.6 Å². The quantitative estimate of drug-likeness (QED) is 0.574. The molecule has 2 aromatic carbocycles. The van der Waals surface area contributed by atoms with Crippen LogP contribution in [0.1, 0.15) is 29.3 Å². The number of anilines is 1. The Kier molecular flexibility index (Phi) is 7.55. The first-order valence-corrected chi connectivity index (χ1v) is 8.78. The summed E-state index contributed by atoms with van der Waals surface area (Å²) in [7, 11) is 1.31. The molecule has 6 nitrogen and oxygen atoms in total. The lowest BCUT2D eigenvalue weighted by atomic mass is 10.1. The predicted molar refractivity (Wildman–Crippen MR) is 104 cm³/mol. The maximum Gasteiger partial charge on any atom is 0.337 e. The van der Waals surface area contributed by atoms with Gasteiger partial charge in [0.05, 0.1) is 12.7 Å². The van der Waals surface area contributed by atoms with E-state index in [2.05, 4.69) is 22.2 Å². The van der Waals surface area contributed by atoms with Crippen LogP contribution in [0.2, 0.25) is 0 Å². The van der Waals surface area contributed by atoms with E-state index in [9.17, 15) is 14.4 Å². The van der Waals surface area contributed by atoms with E-state index in [0.717, 1.165) is 12.8 Å². The maximum absolute atomic E-state index is 12.2. The summed E-state index contributed by atoms with van der Waals surface area (Å²) in [6, 6.07) is 16.4. The van der Waals surface area contributed by atoms with Gasteiger partial charge in [-0.2, -0.15) is 0 Å². The number of carbonyl (C=O) groups excluding carboxylic acids is 3. The molecule has 0 aromatic heterocycles. The van der Waals surface area contributed by atoms with Gasteiger partial charge in [0, 0.05) is 19.2 Å². The Bertz CT molecular complexity index is 773. The molecule has 0 radical (unpaired) electrons. The zero-order valence-electron chi connectivity index (χ0n) is 15.6. The molecule has 0 heterocycles. The molecule has 0 spiro atoms. The van der Waals surface area contributed by atoms with Crippen molar-refractivity contribution < 1.29 is 19.1 Å². The SMILES string of the molecule is COC(=O)c1ccc(N(CC(=O)NCCCc2ccccc2)C(C)=O)cc1. The number of rotatable bonds is 8. The van der Waals surface area contributed by atoms with Gasteiger partial charge in [-0.3, -0.25) is 9.59 Å². The highest BCUT2D eigenvalue weighted by molar-refractivity contribution is 5.98. The van der Waals surface area contributed by atoms with Gasteiger partial charge in [0.25, 0.3) is 0 Å².